The van der Waals surface area contributed by atoms with Crippen LogP contribution in [0.25, 0.3) is 0 Å². The minimum Gasteiger partial charge on any atom is -0.354 e. The first-order chi connectivity index (χ1) is 15.4. The van der Waals surface area contributed by atoms with Gasteiger partial charge in [-0.1, -0.05) is 43.1 Å². The number of carbonyl (C=O) groups excluding carboxylic acids is 1. The molecule has 1 amide bonds. The third-order valence-electron chi connectivity index (χ3n) is 5.90. The molecule has 1 saturated heterocycles. The molecule has 1 fully saturated rings. The Balaban J connectivity index is 1.63. The van der Waals surface area contributed by atoms with Gasteiger partial charge >= 0.3 is 0 Å². The van der Waals surface area contributed by atoms with Gasteiger partial charge in [0.1, 0.15) is 6.54 Å². The van der Waals surface area contributed by atoms with Crippen molar-refractivity contribution < 1.29 is 13.2 Å². The lowest BCUT2D eigenvalue weighted by molar-refractivity contribution is -0.119. The number of anilines is 1. The Hall–Kier alpha value is -2.09. The molecule has 0 aliphatic carbocycles. The van der Waals surface area contributed by atoms with E-state index in [-0.39, 0.29) is 17.3 Å². The quantitative estimate of drug-likeness (QED) is 0.518. The maximum Gasteiger partial charge on any atom is 0.264 e. The molecule has 8 heteroatoms. The Kier molecular flexibility index (Phi) is 8.96. The molecule has 2 aromatic carbocycles. The van der Waals surface area contributed by atoms with E-state index in [0.29, 0.717) is 23.3 Å². The molecule has 1 heterocycles. The molecule has 0 aromatic heterocycles. The van der Waals surface area contributed by atoms with Crippen LogP contribution in [0.3, 0.4) is 0 Å². The number of amides is 1. The standard InChI is InChI=1S/C24H32ClN3O3S/c1-2-21-9-6-7-17-27(21)18-8-16-26-24(29)19-28(22-14-12-20(25)13-15-22)32(30,31)23-10-4-3-5-11-23/h3-5,10-15,21H,2,6-9,16-19H2,1H3,(H,26,29). The molecule has 1 aliphatic rings. The zero-order valence-corrected chi connectivity index (χ0v) is 20.1. The van der Waals surface area contributed by atoms with Gasteiger partial charge in [-0.25, -0.2) is 8.42 Å². The van der Waals surface area contributed by atoms with Crippen LogP contribution in [0.4, 0.5) is 5.69 Å². The molecule has 174 valence electrons. The number of hydrogen-bond acceptors (Lipinski definition) is 4. The van der Waals surface area contributed by atoms with Crippen LogP contribution >= 0.6 is 11.6 Å². The maximum atomic E-state index is 13.3. The van der Waals surface area contributed by atoms with Crippen LogP contribution in [-0.4, -0.2) is 51.4 Å². The number of hydrogen-bond donors (Lipinski definition) is 1. The van der Waals surface area contributed by atoms with E-state index in [1.807, 2.05) is 0 Å². The number of sulfonamides is 1. The smallest absolute Gasteiger partial charge is 0.264 e. The van der Waals surface area contributed by atoms with Crippen molar-refractivity contribution in [2.45, 2.75) is 50.0 Å². The molecule has 1 aliphatic heterocycles. The Morgan fingerprint density at radius 3 is 2.53 bits per heavy atom. The molecule has 0 saturated carbocycles. The van der Waals surface area contributed by atoms with Crippen molar-refractivity contribution in [2.75, 3.05) is 30.5 Å². The third kappa shape index (κ3) is 6.47. The molecule has 6 nitrogen and oxygen atoms in total. The van der Waals surface area contributed by atoms with Gasteiger partial charge in [0.15, 0.2) is 0 Å². The molecule has 1 unspecified atom stereocenters. The lowest BCUT2D eigenvalue weighted by Gasteiger charge is -2.35. The van der Waals surface area contributed by atoms with E-state index in [4.69, 9.17) is 11.6 Å². The van der Waals surface area contributed by atoms with E-state index in [1.165, 1.54) is 31.4 Å². The summed E-state index contributed by atoms with van der Waals surface area (Å²) in [6.45, 7) is 4.52. The molecule has 3 rings (SSSR count). The number of halogens is 1. The lowest BCUT2D eigenvalue weighted by Crippen LogP contribution is -2.43. The Labute approximate surface area is 196 Å². The molecule has 0 radical (unpaired) electrons. The number of nitrogens with zero attached hydrogens (tertiary/aromatic N) is 2. The molecule has 2 aromatic rings. The van der Waals surface area contributed by atoms with Gasteiger partial charge in [-0.15, -0.1) is 0 Å². The highest BCUT2D eigenvalue weighted by molar-refractivity contribution is 7.92. The number of nitrogens with one attached hydrogen (secondary N) is 1. The minimum absolute atomic E-state index is 0.137. The fourth-order valence-electron chi connectivity index (χ4n) is 4.16. The topological polar surface area (TPSA) is 69.7 Å². The number of benzene rings is 2. The molecule has 1 atom stereocenters. The first kappa shape index (κ1) is 24.6. The summed E-state index contributed by atoms with van der Waals surface area (Å²) in [7, 11) is -3.90. The van der Waals surface area contributed by atoms with Crippen molar-refractivity contribution in [3.05, 3.63) is 59.6 Å². The summed E-state index contributed by atoms with van der Waals surface area (Å²) >= 11 is 5.97. The van der Waals surface area contributed by atoms with E-state index >= 15 is 0 Å². The molecular formula is C24H32ClN3O3S. The van der Waals surface area contributed by atoms with Crippen molar-refractivity contribution in [3.63, 3.8) is 0 Å². The van der Waals surface area contributed by atoms with E-state index in [9.17, 15) is 13.2 Å². The summed E-state index contributed by atoms with van der Waals surface area (Å²) < 4.78 is 27.7. The SMILES string of the molecule is CCC1CCCCN1CCCNC(=O)CN(c1ccc(Cl)cc1)S(=O)(=O)c1ccccc1. The van der Waals surface area contributed by atoms with Crippen molar-refractivity contribution in [1.29, 1.82) is 0 Å². The summed E-state index contributed by atoms with van der Waals surface area (Å²) in [4.78, 5) is 15.3. The van der Waals surface area contributed by atoms with Gasteiger partial charge in [0.2, 0.25) is 5.91 Å². The van der Waals surface area contributed by atoms with Crippen LogP contribution in [-0.2, 0) is 14.8 Å². The Morgan fingerprint density at radius 2 is 1.84 bits per heavy atom. The van der Waals surface area contributed by atoms with Crippen LogP contribution in [0.1, 0.15) is 39.0 Å². The second-order valence-electron chi connectivity index (χ2n) is 8.10. The van der Waals surface area contributed by atoms with Gasteiger partial charge in [0.05, 0.1) is 10.6 Å². The summed E-state index contributed by atoms with van der Waals surface area (Å²) in [5, 5.41) is 3.39. The fourth-order valence-corrected chi connectivity index (χ4v) is 5.72. The van der Waals surface area contributed by atoms with Crippen LogP contribution in [0, 0.1) is 0 Å². The number of piperidine rings is 1. The largest absolute Gasteiger partial charge is 0.354 e. The van der Waals surface area contributed by atoms with E-state index in [2.05, 4.69) is 17.1 Å². The summed E-state index contributed by atoms with van der Waals surface area (Å²) in [6, 6.07) is 15.2. The first-order valence-electron chi connectivity index (χ1n) is 11.3. The minimum atomic E-state index is -3.90. The molecule has 32 heavy (non-hydrogen) atoms. The average molecular weight is 478 g/mol. The molecular weight excluding hydrogens is 446 g/mol. The molecule has 0 spiro atoms. The zero-order chi connectivity index (χ0) is 23.0. The summed E-state index contributed by atoms with van der Waals surface area (Å²) in [5.74, 6) is -0.329. The predicted octanol–water partition coefficient (Wildman–Crippen LogP) is 4.31. The molecule has 0 bridgehead atoms. The van der Waals surface area contributed by atoms with Gasteiger partial charge < -0.3 is 10.2 Å². The van der Waals surface area contributed by atoms with Crippen LogP contribution in [0.5, 0.6) is 0 Å². The first-order valence-corrected chi connectivity index (χ1v) is 13.1. The van der Waals surface area contributed by atoms with Gasteiger partial charge in [0.25, 0.3) is 10.0 Å². The summed E-state index contributed by atoms with van der Waals surface area (Å²) in [5.41, 5.74) is 0.396. The molecule has 1 N–H and O–H groups in total. The van der Waals surface area contributed by atoms with E-state index in [0.717, 1.165) is 30.2 Å². The van der Waals surface area contributed by atoms with Gasteiger partial charge in [-0.3, -0.25) is 9.10 Å². The highest BCUT2D eigenvalue weighted by atomic mass is 35.5. The van der Waals surface area contributed by atoms with Crippen LogP contribution in [0.15, 0.2) is 59.5 Å². The fraction of sp³-hybridized carbons (Fsp3) is 0.458. The second-order valence-corrected chi connectivity index (χ2v) is 10.4. The predicted molar refractivity (Wildman–Crippen MR) is 130 cm³/mol. The Bertz CT molecular complexity index is 968. The van der Waals surface area contributed by atoms with Crippen molar-refractivity contribution in [2.24, 2.45) is 0 Å². The lowest BCUT2D eigenvalue weighted by atomic mass is 10.00. The third-order valence-corrected chi connectivity index (χ3v) is 7.94. The van der Waals surface area contributed by atoms with E-state index < -0.39 is 10.0 Å². The van der Waals surface area contributed by atoms with Crippen LogP contribution < -0.4 is 9.62 Å². The van der Waals surface area contributed by atoms with Crippen molar-refractivity contribution in [3.8, 4) is 0 Å². The van der Waals surface area contributed by atoms with Crippen molar-refractivity contribution in [1.82, 2.24) is 10.2 Å². The van der Waals surface area contributed by atoms with Gasteiger partial charge in [-0.05, 0) is 68.6 Å². The number of carbonyl (C=O) groups is 1. The highest BCUT2D eigenvalue weighted by Gasteiger charge is 2.27. The number of likely N-dealkylation sites (tertiary alicyclic amines) is 1. The zero-order valence-electron chi connectivity index (χ0n) is 18.5. The average Bonchev–Trinajstić information content (AvgIpc) is 2.81. The highest BCUT2D eigenvalue weighted by Crippen LogP contribution is 2.25. The van der Waals surface area contributed by atoms with E-state index in [1.54, 1.807) is 42.5 Å². The second kappa shape index (κ2) is 11.7. The normalized spacial score (nSPS) is 17.1. The number of rotatable bonds is 10. The van der Waals surface area contributed by atoms with Crippen LogP contribution in [0.2, 0.25) is 5.02 Å². The van der Waals surface area contributed by atoms with Gasteiger partial charge in [0, 0.05) is 24.2 Å². The van der Waals surface area contributed by atoms with Gasteiger partial charge in [-0.2, -0.15) is 0 Å². The van der Waals surface area contributed by atoms with Crippen molar-refractivity contribution >= 4 is 33.2 Å². The Morgan fingerprint density at radius 1 is 1.12 bits per heavy atom. The monoisotopic (exact) mass is 477 g/mol. The maximum absolute atomic E-state index is 13.3. The summed E-state index contributed by atoms with van der Waals surface area (Å²) in [6.07, 6.45) is 5.77.